The van der Waals surface area contributed by atoms with Crippen LogP contribution in [0, 0.1) is 11.7 Å². The molecule has 1 heterocycles. The third kappa shape index (κ3) is 5.81. The summed E-state index contributed by atoms with van der Waals surface area (Å²) in [5, 5.41) is 8.08. The standard InChI is InChI=1S/C23H26FN3O4/c1-15(2)14-27-20-12-19(23(29)25-10-4-5-22(28)30-3)21(11-16(20)13-26-27)31-18-8-6-17(24)7-9-18/h6-9,11-13,15H,4-5,10,14H2,1-3H3,(H,25,29). The number of rotatable bonds is 9. The molecule has 8 heteroatoms. The minimum Gasteiger partial charge on any atom is -0.469 e. The summed E-state index contributed by atoms with van der Waals surface area (Å²) in [6, 6.07) is 9.09. The lowest BCUT2D eigenvalue weighted by Gasteiger charge is -2.13. The average Bonchev–Trinajstić information content (AvgIpc) is 3.12. The maximum atomic E-state index is 13.2. The zero-order chi connectivity index (χ0) is 22.4. The van der Waals surface area contributed by atoms with E-state index in [1.165, 1.54) is 31.4 Å². The smallest absolute Gasteiger partial charge is 0.305 e. The summed E-state index contributed by atoms with van der Waals surface area (Å²) in [6.07, 6.45) is 2.41. The second-order valence-corrected chi connectivity index (χ2v) is 7.62. The van der Waals surface area contributed by atoms with Gasteiger partial charge in [0, 0.05) is 24.9 Å². The Morgan fingerprint density at radius 2 is 1.94 bits per heavy atom. The van der Waals surface area contributed by atoms with E-state index in [2.05, 4.69) is 29.0 Å². The number of ether oxygens (including phenoxy) is 2. The van der Waals surface area contributed by atoms with Gasteiger partial charge in [0.1, 0.15) is 17.3 Å². The maximum Gasteiger partial charge on any atom is 0.305 e. The molecule has 0 radical (unpaired) electrons. The number of carbonyl (C=O) groups is 2. The molecule has 0 atom stereocenters. The zero-order valence-electron chi connectivity index (χ0n) is 17.9. The van der Waals surface area contributed by atoms with E-state index < -0.39 is 0 Å². The van der Waals surface area contributed by atoms with Gasteiger partial charge in [-0.3, -0.25) is 14.3 Å². The van der Waals surface area contributed by atoms with Crippen molar-refractivity contribution in [1.82, 2.24) is 15.1 Å². The van der Waals surface area contributed by atoms with Crippen LogP contribution in [0.5, 0.6) is 11.5 Å². The third-order valence-corrected chi connectivity index (χ3v) is 4.64. The van der Waals surface area contributed by atoms with Crippen LogP contribution in [0.4, 0.5) is 4.39 Å². The summed E-state index contributed by atoms with van der Waals surface area (Å²) in [4.78, 5) is 24.2. The molecule has 1 amide bonds. The number of hydrogen-bond donors (Lipinski definition) is 1. The highest BCUT2D eigenvalue weighted by atomic mass is 19.1. The lowest BCUT2D eigenvalue weighted by Crippen LogP contribution is -2.25. The SMILES string of the molecule is COC(=O)CCCNC(=O)c1cc2c(cnn2CC(C)C)cc1Oc1ccc(F)cc1. The molecule has 0 fully saturated rings. The van der Waals surface area contributed by atoms with Gasteiger partial charge in [-0.1, -0.05) is 13.8 Å². The normalized spacial score (nSPS) is 11.0. The molecular formula is C23H26FN3O4. The first-order valence-electron chi connectivity index (χ1n) is 10.2. The van der Waals surface area contributed by atoms with Gasteiger partial charge in [0.2, 0.25) is 0 Å². The number of benzene rings is 2. The molecule has 7 nitrogen and oxygen atoms in total. The molecule has 3 aromatic rings. The molecule has 0 aliphatic rings. The summed E-state index contributed by atoms with van der Waals surface area (Å²) >= 11 is 0. The van der Waals surface area contributed by atoms with Crippen LogP contribution in [0.15, 0.2) is 42.6 Å². The van der Waals surface area contributed by atoms with Crippen LogP contribution in [0.25, 0.3) is 10.9 Å². The molecule has 0 saturated carbocycles. The van der Waals surface area contributed by atoms with Crippen molar-refractivity contribution >= 4 is 22.8 Å². The van der Waals surface area contributed by atoms with E-state index in [9.17, 15) is 14.0 Å². The van der Waals surface area contributed by atoms with Gasteiger partial charge in [0.25, 0.3) is 5.91 Å². The highest BCUT2D eigenvalue weighted by molar-refractivity contribution is 6.01. The van der Waals surface area contributed by atoms with E-state index in [0.717, 1.165) is 10.9 Å². The number of carbonyl (C=O) groups excluding carboxylic acids is 2. The van der Waals surface area contributed by atoms with E-state index in [4.69, 9.17) is 4.74 Å². The van der Waals surface area contributed by atoms with Gasteiger partial charge in [-0.25, -0.2) is 4.39 Å². The zero-order valence-corrected chi connectivity index (χ0v) is 17.9. The molecule has 1 N–H and O–H groups in total. The first-order valence-corrected chi connectivity index (χ1v) is 10.2. The van der Waals surface area contributed by atoms with Crippen molar-refractivity contribution in [3.05, 3.63) is 54.0 Å². The number of methoxy groups -OCH3 is 1. The van der Waals surface area contributed by atoms with Crippen LogP contribution >= 0.6 is 0 Å². The van der Waals surface area contributed by atoms with Crippen LogP contribution in [-0.2, 0) is 16.1 Å². The minimum atomic E-state index is -0.374. The van der Waals surface area contributed by atoms with Crippen LogP contribution < -0.4 is 10.1 Å². The molecule has 0 unspecified atom stereocenters. The Morgan fingerprint density at radius 3 is 2.61 bits per heavy atom. The number of fused-ring (bicyclic) bond motifs is 1. The van der Waals surface area contributed by atoms with Gasteiger partial charge >= 0.3 is 5.97 Å². The number of esters is 1. The van der Waals surface area contributed by atoms with E-state index in [0.29, 0.717) is 42.5 Å². The molecule has 0 bridgehead atoms. The van der Waals surface area contributed by atoms with Crippen molar-refractivity contribution in [3.8, 4) is 11.5 Å². The number of hydrogen-bond acceptors (Lipinski definition) is 5. The van der Waals surface area contributed by atoms with Crippen molar-refractivity contribution in [2.45, 2.75) is 33.2 Å². The summed E-state index contributed by atoms with van der Waals surface area (Å²) in [5.41, 5.74) is 1.15. The van der Waals surface area contributed by atoms with Gasteiger partial charge in [0.15, 0.2) is 0 Å². The number of nitrogens with zero attached hydrogens (tertiary/aromatic N) is 2. The van der Waals surface area contributed by atoms with Crippen LogP contribution in [-0.4, -0.2) is 35.3 Å². The molecule has 3 rings (SSSR count). The third-order valence-electron chi connectivity index (χ3n) is 4.64. The summed E-state index contributed by atoms with van der Waals surface area (Å²) in [5.74, 6) is 0.105. The Kier molecular flexibility index (Phi) is 7.23. The second kappa shape index (κ2) is 10.1. The van der Waals surface area contributed by atoms with Crippen molar-refractivity contribution < 1.29 is 23.5 Å². The fourth-order valence-corrected chi connectivity index (χ4v) is 3.12. The van der Waals surface area contributed by atoms with Crippen LogP contribution in [0.1, 0.15) is 37.0 Å². The van der Waals surface area contributed by atoms with E-state index in [-0.39, 0.29) is 24.1 Å². The van der Waals surface area contributed by atoms with Crippen LogP contribution in [0.2, 0.25) is 0 Å². The van der Waals surface area contributed by atoms with Crippen molar-refractivity contribution in [2.24, 2.45) is 5.92 Å². The lowest BCUT2D eigenvalue weighted by atomic mass is 10.1. The summed E-state index contributed by atoms with van der Waals surface area (Å²) in [7, 11) is 1.33. The quantitative estimate of drug-likeness (QED) is 0.407. The highest BCUT2D eigenvalue weighted by Crippen LogP contribution is 2.30. The Labute approximate surface area is 180 Å². The maximum absolute atomic E-state index is 13.2. The van der Waals surface area contributed by atoms with Crippen molar-refractivity contribution in [1.29, 1.82) is 0 Å². The Morgan fingerprint density at radius 1 is 1.19 bits per heavy atom. The monoisotopic (exact) mass is 427 g/mol. The number of nitrogens with one attached hydrogen (secondary N) is 1. The van der Waals surface area contributed by atoms with Gasteiger partial charge in [-0.15, -0.1) is 0 Å². The predicted octanol–water partition coefficient (Wildman–Crippen LogP) is 4.31. The largest absolute Gasteiger partial charge is 0.469 e. The topological polar surface area (TPSA) is 82.5 Å². The number of amides is 1. The van der Waals surface area contributed by atoms with Gasteiger partial charge in [0.05, 0.1) is 24.4 Å². The molecule has 0 spiro atoms. The Bertz CT molecular complexity index is 1060. The minimum absolute atomic E-state index is 0.218. The molecule has 0 saturated heterocycles. The molecule has 0 aliphatic heterocycles. The lowest BCUT2D eigenvalue weighted by molar-refractivity contribution is -0.140. The average molecular weight is 427 g/mol. The Balaban J connectivity index is 1.89. The number of aromatic nitrogens is 2. The summed E-state index contributed by atoms with van der Waals surface area (Å²) < 4.78 is 25.6. The predicted molar refractivity (Wildman–Crippen MR) is 115 cm³/mol. The number of halogens is 1. The van der Waals surface area contributed by atoms with Gasteiger partial charge in [-0.05, 0) is 48.7 Å². The molecular weight excluding hydrogens is 401 g/mol. The Hall–Kier alpha value is -3.42. The summed E-state index contributed by atoms with van der Waals surface area (Å²) in [6.45, 7) is 5.21. The van der Waals surface area contributed by atoms with E-state index in [1.54, 1.807) is 18.3 Å². The van der Waals surface area contributed by atoms with E-state index >= 15 is 0 Å². The highest BCUT2D eigenvalue weighted by Gasteiger charge is 2.18. The van der Waals surface area contributed by atoms with E-state index in [1.807, 2.05) is 4.68 Å². The van der Waals surface area contributed by atoms with Gasteiger partial charge < -0.3 is 14.8 Å². The fraction of sp³-hybridized carbons (Fsp3) is 0.348. The first kappa shape index (κ1) is 22.3. The second-order valence-electron chi connectivity index (χ2n) is 7.62. The fourth-order valence-electron chi connectivity index (χ4n) is 3.12. The van der Waals surface area contributed by atoms with Crippen LogP contribution in [0.3, 0.4) is 0 Å². The first-order chi connectivity index (χ1) is 14.9. The van der Waals surface area contributed by atoms with Gasteiger partial charge in [-0.2, -0.15) is 5.10 Å². The molecule has 1 aromatic heterocycles. The van der Waals surface area contributed by atoms with Crippen molar-refractivity contribution in [2.75, 3.05) is 13.7 Å². The molecule has 0 aliphatic carbocycles. The molecule has 31 heavy (non-hydrogen) atoms. The molecule has 2 aromatic carbocycles. The van der Waals surface area contributed by atoms with Crippen molar-refractivity contribution in [3.63, 3.8) is 0 Å². The molecule has 164 valence electrons.